The Hall–Kier alpha value is -1.23. The van der Waals surface area contributed by atoms with E-state index in [9.17, 15) is 4.79 Å². The Morgan fingerprint density at radius 2 is 2.18 bits per heavy atom. The average molecular weight is 239 g/mol. The minimum absolute atomic E-state index is 0.0442. The molecule has 0 saturated carbocycles. The van der Waals surface area contributed by atoms with E-state index in [0.717, 1.165) is 6.54 Å². The molecule has 0 aliphatic carbocycles. The third-order valence-electron chi connectivity index (χ3n) is 2.64. The summed E-state index contributed by atoms with van der Waals surface area (Å²) < 4.78 is 7.02. The quantitative estimate of drug-likeness (QED) is 0.780. The summed E-state index contributed by atoms with van der Waals surface area (Å²) in [5.74, 6) is 0.742. The maximum absolute atomic E-state index is 12.2. The maximum atomic E-state index is 12.2. The van der Waals surface area contributed by atoms with Crippen LogP contribution in [0.15, 0.2) is 6.33 Å². The minimum atomic E-state index is -0.412. The molecule has 0 aliphatic heterocycles. The molecule has 5 heteroatoms. The molecule has 96 valence electrons. The molecule has 0 aromatic carbocycles. The highest BCUT2D eigenvalue weighted by Crippen LogP contribution is 2.23. The van der Waals surface area contributed by atoms with Crippen LogP contribution in [0.5, 0.6) is 0 Å². The molecule has 0 fully saturated rings. The van der Waals surface area contributed by atoms with E-state index in [1.807, 2.05) is 27.7 Å². The van der Waals surface area contributed by atoms with Crippen LogP contribution in [0.1, 0.15) is 33.5 Å². The van der Waals surface area contributed by atoms with Crippen LogP contribution in [-0.4, -0.2) is 33.8 Å². The van der Waals surface area contributed by atoms with Gasteiger partial charge in [-0.05, 0) is 12.3 Å². The second-order valence-electron chi connectivity index (χ2n) is 5.12. The molecule has 1 unspecified atom stereocenters. The Balaban J connectivity index is 2.78. The molecule has 1 aromatic heterocycles. The smallest absolute Gasteiger partial charge is 0.169 e. The zero-order chi connectivity index (χ0) is 13.1. The lowest BCUT2D eigenvalue weighted by Crippen LogP contribution is -2.37. The van der Waals surface area contributed by atoms with Gasteiger partial charge in [0, 0.05) is 13.7 Å². The first-order chi connectivity index (χ1) is 7.90. The summed E-state index contributed by atoms with van der Waals surface area (Å²) in [7, 11) is 1.57. The fourth-order valence-electron chi connectivity index (χ4n) is 1.91. The van der Waals surface area contributed by atoms with Gasteiger partial charge in [-0.3, -0.25) is 4.79 Å². The number of hydrogen-bond acceptors (Lipinski definition) is 4. The summed E-state index contributed by atoms with van der Waals surface area (Å²) >= 11 is 0. The topological polar surface area (TPSA) is 57.0 Å². The van der Waals surface area contributed by atoms with E-state index in [1.165, 1.54) is 6.33 Å². The van der Waals surface area contributed by atoms with Crippen molar-refractivity contribution in [2.24, 2.45) is 5.41 Å². The summed E-state index contributed by atoms with van der Waals surface area (Å²) in [5.41, 5.74) is -0.205. The van der Waals surface area contributed by atoms with Gasteiger partial charge in [0.2, 0.25) is 0 Å². The molecule has 0 aliphatic rings. The van der Waals surface area contributed by atoms with Crippen LogP contribution in [-0.2, 0) is 22.5 Å². The maximum Gasteiger partial charge on any atom is 0.169 e. The molecule has 1 heterocycles. The summed E-state index contributed by atoms with van der Waals surface area (Å²) in [6.07, 6.45) is 1.33. The van der Waals surface area contributed by atoms with Gasteiger partial charge in [0.25, 0.3) is 0 Å². The number of Topliss-reactive ketones (excluding diaryl/α,β-unsaturated/α-hetero) is 1. The summed E-state index contributed by atoms with van der Waals surface area (Å²) in [4.78, 5) is 16.3. The Morgan fingerprint density at radius 3 is 2.65 bits per heavy atom. The molecule has 0 saturated heterocycles. The van der Waals surface area contributed by atoms with Gasteiger partial charge in [-0.1, -0.05) is 20.8 Å². The number of ketones is 1. The molecule has 1 aromatic rings. The SMILES string of the molecule is CCn1ncnc1CC(=O)C(OC)C(C)(C)C. The third kappa shape index (κ3) is 3.36. The van der Waals surface area contributed by atoms with Crippen LogP contribution in [0.4, 0.5) is 0 Å². The number of nitrogens with zero attached hydrogens (tertiary/aromatic N) is 3. The van der Waals surface area contributed by atoms with E-state index in [-0.39, 0.29) is 17.6 Å². The largest absolute Gasteiger partial charge is 0.373 e. The summed E-state index contributed by atoms with van der Waals surface area (Å²) in [6, 6.07) is 0. The summed E-state index contributed by atoms with van der Waals surface area (Å²) in [5, 5.41) is 4.05. The van der Waals surface area contributed by atoms with Gasteiger partial charge in [-0.2, -0.15) is 5.10 Å². The molecular formula is C12H21N3O2. The number of carbonyl (C=O) groups excluding carboxylic acids is 1. The molecule has 0 bridgehead atoms. The van der Waals surface area contributed by atoms with E-state index in [2.05, 4.69) is 10.1 Å². The average Bonchev–Trinajstić information content (AvgIpc) is 2.63. The molecule has 0 amide bonds. The molecule has 17 heavy (non-hydrogen) atoms. The van der Waals surface area contributed by atoms with Crippen LogP contribution < -0.4 is 0 Å². The number of ether oxygens (including phenoxy) is 1. The molecule has 0 N–H and O–H groups in total. The molecule has 1 atom stereocenters. The Labute approximate surface area is 102 Å². The molecule has 0 radical (unpaired) electrons. The van der Waals surface area contributed by atoms with Gasteiger partial charge in [0.15, 0.2) is 5.78 Å². The number of carbonyl (C=O) groups is 1. The van der Waals surface area contributed by atoms with Gasteiger partial charge in [0.05, 0.1) is 6.42 Å². The number of methoxy groups -OCH3 is 1. The second kappa shape index (κ2) is 5.40. The van der Waals surface area contributed by atoms with Crippen LogP contribution in [0.3, 0.4) is 0 Å². The van der Waals surface area contributed by atoms with Crippen LogP contribution in [0.25, 0.3) is 0 Å². The van der Waals surface area contributed by atoms with E-state index in [0.29, 0.717) is 5.82 Å². The standard InChI is InChI=1S/C12H21N3O2/c1-6-15-10(13-8-14-15)7-9(16)11(17-5)12(2,3)4/h8,11H,6-7H2,1-5H3. The van der Waals surface area contributed by atoms with Crippen molar-refractivity contribution in [3.8, 4) is 0 Å². The van der Waals surface area contributed by atoms with Crippen molar-refractivity contribution in [2.45, 2.75) is 46.8 Å². The highest BCUT2D eigenvalue weighted by molar-refractivity contribution is 5.85. The first-order valence-corrected chi connectivity index (χ1v) is 5.82. The fourth-order valence-corrected chi connectivity index (χ4v) is 1.91. The van der Waals surface area contributed by atoms with Gasteiger partial charge in [-0.15, -0.1) is 0 Å². The number of rotatable bonds is 5. The van der Waals surface area contributed by atoms with E-state index in [1.54, 1.807) is 11.8 Å². The van der Waals surface area contributed by atoms with Crippen molar-refractivity contribution in [1.82, 2.24) is 14.8 Å². The first kappa shape index (κ1) is 13.8. The molecule has 0 spiro atoms. The number of aryl methyl sites for hydroxylation is 1. The zero-order valence-electron chi connectivity index (χ0n) is 11.2. The normalized spacial score (nSPS) is 13.7. The van der Waals surface area contributed by atoms with E-state index >= 15 is 0 Å². The van der Waals surface area contributed by atoms with Gasteiger partial charge >= 0.3 is 0 Å². The van der Waals surface area contributed by atoms with Gasteiger partial charge in [0.1, 0.15) is 18.3 Å². The Morgan fingerprint density at radius 1 is 1.53 bits per heavy atom. The van der Waals surface area contributed by atoms with Crippen LogP contribution in [0, 0.1) is 5.41 Å². The van der Waals surface area contributed by atoms with Crippen LogP contribution in [0.2, 0.25) is 0 Å². The number of aromatic nitrogens is 3. The lowest BCUT2D eigenvalue weighted by molar-refractivity contribution is -0.134. The van der Waals surface area contributed by atoms with Crippen molar-refractivity contribution in [3.63, 3.8) is 0 Å². The Kier molecular flexibility index (Phi) is 4.40. The van der Waals surface area contributed by atoms with Crippen LogP contribution >= 0.6 is 0 Å². The van der Waals surface area contributed by atoms with Gasteiger partial charge in [-0.25, -0.2) is 9.67 Å². The zero-order valence-corrected chi connectivity index (χ0v) is 11.2. The number of hydrogen-bond donors (Lipinski definition) is 0. The predicted molar refractivity (Wildman–Crippen MR) is 64.7 cm³/mol. The summed E-state index contributed by atoms with van der Waals surface area (Å²) in [6.45, 7) is 8.66. The predicted octanol–water partition coefficient (Wildman–Crippen LogP) is 1.47. The van der Waals surface area contributed by atoms with E-state index < -0.39 is 6.10 Å². The second-order valence-corrected chi connectivity index (χ2v) is 5.12. The van der Waals surface area contributed by atoms with Crippen molar-refractivity contribution in [1.29, 1.82) is 0 Å². The van der Waals surface area contributed by atoms with Crippen molar-refractivity contribution < 1.29 is 9.53 Å². The third-order valence-corrected chi connectivity index (χ3v) is 2.64. The molecule has 5 nitrogen and oxygen atoms in total. The van der Waals surface area contributed by atoms with Crippen molar-refractivity contribution in [2.75, 3.05) is 7.11 Å². The molecular weight excluding hydrogens is 218 g/mol. The van der Waals surface area contributed by atoms with Crippen molar-refractivity contribution >= 4 is 5.78 Å². The van der Waals surface area contributed by atoms with E-state index in [4.69, 9.17) is 4.74 Å². The minimum Gasteiger partial charge on any atom is -0.373 e. The molecule has 1 rings (SSSR count). The lowest BCUT2D eigenvalue weighted by Gasteiger charge is -2.27. The first-order valence-electron chi connectivity index (χ1n) is 5.82. The fraction of sp³-hybridized carbons (Fsp3) is 0.750. The lowest BCUT2D eigenvalue weighted by atomic mass is 9.85. The van der Waals surface area contributed by atoms with Crippen molar-refractivity contribution in [3.05, 3.63) is 12.2 Å². The monoisotopic (exact) mass is 239 g/mol. The highest BCUT2D eigenvalue weighted by atomic mass is 16.5. The Bertz CT molecular complexity index is 379. The van der Waals surface area contributed by atoms with Gasteiger partial charge < -0.3 is 4.74 Å². The highest BCUT2D eigenvalue weighted by Gasteiger charge is 2.31.